The highest BCUT2D eigenvalue weighted by atomic mass is 35.5. The maximum Gasteiger partial charge on any atom is 0.224 e. The number of hydrogen-bond donors (Lipinski definition) is 1. The van der Waals surface area contributed by atoms with E-state index in [1.165, 1.54) is 5.56 Å². The molecule has 5 heteroatoms. The molecule has 0 atom stereocenters. The Morgan fingerprint density at radius 1 is 1.39 bits per heavy atom. The highest BCUT2D eigenvalue weighted by Gasteiger charge is 2.19. The smallest absolute Gasteiger partial charge is 0.224 e. The van der Waals surface area contributed by atoms with Crippen molar-refractivity contribution in [2.75, 3.05) is 25.0 Å². The van der Waals surface area contributed by atoms with Gasteiger partial charge in [0.25, 0.3) is 0 Å². The van der Waals surface area contributed by atoms with Crippen molar-refractivity contribution in [1.29, 1.82) is 0 Å². The molecule has 1 N–H and O–H groups in total. The molecule has 2 rings (SSSR count). The first-order valence-corrected chi connectivity index (χ1v) is 6.93. The molecule has 0 amide bonds. The van der Waals surface area contributed by atoms with Gasteiger partial charge in [-0.2, -0.15) is 0 Å². The standard InChI is InChI=1S/C13H21ClN4/c1-9(2)5-7-18(3)12-10-8-15-6-4-11(10)16-13(14)17-12/h9,15H,4-8H2,1-3H3. The van der Waals surface area contributed by atoms with Crippen LogP contribution < -0.4 is 10.2 Å². The number of fused-ring (bicyclic) bond motifs is 1. The van der Waals surface area contributed by atoms with Crippen LogP contribution in [0.1, 0.15) is 31.5 Å². The summed E-state index contributed by atoms with van der Waals surface area (Å²) in [4.78, 5) is 10.9. The van der Waals surface area contributed by atoms with E-state index in [0.717, 1.165) is 44.0 Å². The molecule has 0 bridgehead atoms. The van der Waals surface area contributed by atoms with E-state index in [0.29, 0.717) is 11.2 Å². The number of aromatic nitrogens is 2. The summed E-state index contributed by atoms with van der Waals surface area (Å²) < 4.78 is 0. The van der Waals surface area contributed by atoms with Crippen LogP contribution in [-0.4, -0.2) is 30.1 Å². The monoisotopic (exact) mass is 268 g/mol. The molecule has 4 nitrogen and oxygen atoms in total. The van der Waals surface area contributed by atoms with Gasteiger partial charge in [0.05, 0.1) is 5.69 Å². The highest BCUT2D eigenvalue weighted by molar-refractivity contribution is 6.28. The Hall–Kier alpha value is -0.870. The van der Waals surface area contributed by atoms with E-state index in [4.69, 9.17) is 11.6 Å². The molecule has 0 spiro atoms. The zero-order chi connectivity index (χ0) is 13.1. The van der Waals surface area contributed by atoms with Gasteiger partial charge < -0.3 is 10.2 Å². The first-order chi connectivity index (χ1) is 8.58. The minimum atomic E-state index is 0.363. The number of halogens is 1. The highest BCUT2D eigenvalue weighted by Crippen LogP contribution is 2.24. The lowest BCUT2D eigenvalue weighted by atomic mass is 10.1. The normalized spacial score (nSPS) is 14.7. The fraction of sp³-hybridized carbons (Fsp3) is 0.692. The predicted molar refractivity (Wildman–Crippen MR) is 75.2 cm³/mol. The van der Waals surface area contributed by atoms with Gasteiger partial charge in [-0.3, -0.25) is 0 Å². The van der Waals surface area contributed by atoms with E-state index in [2.05, 4.69) is 41.1 Å². The van der Waals surface area contributed by atoms with E-state index >= 15 is 0 Å². The number of nitrogens with zero attached hydrogens (tertiary/aromatic N) is 3. The second kappa shape index (κ2) is 5.85. The lowest BCUT2D eigenvalue weighted by molar-refractivity contribution is 0.578. The van der Waals surface area contributed by atoms with Gasteiger partial charge in [0.15, 0.2) is 0 Å². The van der Waals surface area contributed by atoms with Gasteiger partial charge >= 0.3 is 0 Å². The molecular weight excluding hydrogens is 248 g/mol. The van der Waals surface area contributed by atoms with Crippen LogP contribution in [0.25, 0.3) is 0 Å². The molecule has 1 aromatic rings. The molecule has 0 saturated carbocycles. The summed E-state index contributed by atoms with van der Waals surface area (Å²) in [7, 11) is 2.08. The molecule has 0 fully saturated rings. The SMILES string of the molecule is CC(C)CCN(C)c1nc(Cl)nc2c1CNCC2. The second-order valence-electron chi connectivity index (χ2n) is 5.27. The average Bonchev–Trinajstić information content (AvgIpc) is 2.34. The zero-order valence-electron chi connectivity index (χ0n) is 11.3. The van der Waals surface area contributed by atoms with Gasteiger partial charge in [-0.15, -0.1) is 0 Å². The van der Waals surface area contributed by atoms with E-state index in [1.54, 1.807) is 0 Å². The maximum absolute atomic E-state index is 6.02. The Morgan fingerprint density at radius 3 is 2.89 bits per heavy atom. The molecule has 1 aromatic heterocycles. The number of nitrogens with one attached hydrogen (secondary N) is 1. The largest absolute Gasteiger partial charge is 0.359 e. The molecular formula is C13H21ClN4. The van der Waals surface area contributed by atoms with Crippen molar-refractivity contribution < 1.29 is 0 Å². The van der Waals surface area contributed by atoms with Gasteiger partial charge in [0.2, 0.25) is 5.28 Å². The number of anilines is 1. The minimum absolute atomic E-state index is 0.363. The minimum Gasteiger partial charge on any atom is -0.359 e. The van der Waals surface area contributed by atoms with E-state index in [9.17, 15) is 0 Å². The van der Waals surface area contributed by atoms with Crippen LogP contribution in [0.3, 0.4) is 0 Å². The Bertz CT molecular complexity index is 420. The van der Waals surface area contributed by atoms with E-state index < -0.39 is 0 Å². The molecule has 1 aliphatic rings. The summed E-state index contributed by atoms with van der Waals surface area (Å²) in [6.07, 6.45) is 2.09. The third-order valence-electron chi connectivity index (χ3n) is 3.29. The third kappa shape index (κ3) is 3.12. The van der Waals surface area contributed by atoms with Crippen LogP contribution in [-0.2, 0) is 13.0 Å². The molecule has 0 unspecified atom stereocenters. The summed E-state index contributed by atoms with van der Waals surface area (Å²) >= 11 is 6.02. The van der Waals surface area contributed by atoms with Gasteiger partial charge in [-0.25, -0.2) is 9.97 Å². The Kier molecular flexibility index (Phi) is 4.40. The van der Waals surface area contributed by atoms with Crippen molar-refractivity contribution >= 4 is 17.4 Å². The van der Waals surface area contributed by atoms with Crippen molar-refractivity contribution in [1.82, 2.24) is 15.3 Å². The molecule has 0 radical (unpaired) electrons. The van der Waals surface area contributed by atoms with Crippen molar-refractivity contribution in [3.63, 3.8) is 0 Å². The summed E-state index contributed by atoms with van der Waals surface area (Å²) in [6, 6.07) is 0. The molecule has 18 heavy (non-hydrogen) atoms. The molecule has 2 heterocycles. The number of rotatable bonds is 4. The van der Waals surface area contributed by atoms with Crippen LogP contribution in [0, 0.1) is 5.92 Å². The second-order valence-corrected chi connectivity index (χ2v) is 5.61. The van der Waals surface area contributed by atoms with Crippen molar-refractivity contribution in [3.8, 4) is 0 Å². The van der Waals surface area contributed by atoms with Gasteiger partial charge in [-0.05, 0) is 23.9 Å². The zero-order valence-corrected chi connectivity index (χ0v) is 12.1. The van der Waals surface area contributed by atoms with Crippen LogP contribution in [0.4, 0.5) is 5.82 Å². The quantitative estimate of drug-likeness (QED) is 0.851. The summed E-state index contributed by atoms with van der Waals surface area (Å²) in [5.74, 6) is 1.68. The van der Waals surface area contributed by atoms with Crippen molar-refractivity contribution in [3.05, 3.63) is 16.5 Å². The van der Waals surface area contributed by atoms with Crippen LogP contribution in [0.15, 0.2) is 0 Å². The lowest BCUT2D eigenvalue weighted by Crippen LogP contribution is -2.30. The Morgan fingerprint density at radius 2 is 2.17 bits per heavy atom. The van der Waals surface area contributed by atoms with Crippen molar-refractivity contribution in [2.45, 2.75) is 33.2 Å². The van der Waals surface area contributed by atoms with Gasteiger partial charge in [0, 0.05) is 38.7 Å². The molecule has 1 aliphatic heterocycles. The Labute approximate surface area is 114 Å². The topological polar surface area (TPSA) is 41.1 Å². The first-order valence-electron chi connectivity index (χ1n) is 6.55. The predicted octanol–water partition coefficient (Wildman–Crippen LogP) is 2.26. The first kappa shape index (κ1) is 13.6. The third-order valence-corrected chi connectivity index (χ3v) is 3.46. The fourth-order valence-electron chi connectivity index (χ4n) is 2.17. The maximum atomic E-state index is 6.02. The lowest BCUT2D eigenvalue weighted by Gasteiger charge is -2.25. The van der Waals surface area contributed by atoms with Crippen molar-refractivity contribution in [2.24, 2.45) is 5.92 Å². The molecule has 0 aliphatic carbocycles. The summed E-state index contributed by atoms with van der Waals surface area (Å²) in [5, 5.41) is 3.73. The van der Waals surface area contributed by atoms with Gasteiger partial charge in [0.1, 0.15) is 5.82 Å². The van der Waals surface area contributed by atoms with Crippen LogP contribution in [0.2, 0.25) is 5.28 Å². The van der Waals surface area contributed by atoms with E-state index in [-0.39, 0.29) is 0 Å². The number of hydrogen-bond acceptors (Lipinski definition) is 4. The fourth-order valence-corrected chi connectivity index (χ4v) is 2.35. The van der Waals surface area contributed by atoms with E-state index in [1.807, 2.05) is 0 Å². The van der Waals surface area contributed by atoms with Gasteiger partial charge in [-0.1, -0.05) is 13.8 Å². The average molecular weight is 269 g/mol. The summed E-state index contributed by atoms with van der Waals surface area (Å²) in [5.41, 5.74) is 2.30. The molecule has 100 valence electrons. The van der Waals surface area contributed by atoms with Crippen LogP contribution >= 0.6 is 11.6 Å². The molecule has 0 aromatic carbocycles. The summed E-state index contributed by atoms with van der Waals surface area (Å²) in [6.45, 7) is 7.27. The van der Waals surface area contributed by atoms with Crippen LogP contribution in [0.5, 0.6) is 0 Å². The Balaban J connectivity index is 2.23. The molecule has 0 saturated heterocycles.